The van der Waals surface area contributed by atoms with Gasteiger partial charge in [0.2, 0.25) is 0 Å². The average Bonchev–Trinajstić information content (AvgIpc) is 2.96. The van der Waals surface area contributed by atoms with Crippen LogP contribution in [0, 0.1) is 0 Å². The molecule has 0 atom stereocenters. The van der Waals surface area contributed by atoms with Crippen LogP contribution in [0.3, 0.4) is 0 Å². The summed E-state index contributed by atoms with van der Waals surface area (Å²) < 4.78 is 5.38. The van der Waals surface area contributed by atoms with Gasteiger partial charge < -0.3 is 4.74 Å². The Bertz CT molecular complexity index is 848. The van der Waals surface area contributed by atoms with Crippen LogP contribution in [0.5, 0.6) is 5.75 Å². The van der Waals surface area contributed by atoms with Gasteiger partial charge >= 0.3 is 0 Å². The quantitative estimate of drug-likeness (QED) is 0.749. The topological polar surface area (TPSA) is 67.9 Å². The summed E-state index contributed by atoms with van der Waals surface area (Å²) in [5, 5.41) is 8.22. The van der Waals surface area contributed by atoms with Crippen LogP contribution >= 0.6 is 0 Å². The highest BCUT2D eigenvalue weighted by atomic mass is 16.5. The van der Waals surface area contributed by atoms with Gasteiger partial charge in [0.15, 0.2) is 5.78 Å². The van der Waals surface area contributed by atoms with Crippen LogP contribution in [0.15, 0.2) is 36.5 Å². The molecule has 3 rings (SSSR count). The first-order valence-electron chi connectivity index (χ1n) is 6.85. The van der Waals surface area contributed by atoms with E-state index < -0.39 is 0 Å². The number of nitrogens with zero attached hydrogens (tertiary/aromatic N) is 2. The van der Waals surface area contributed by atoms with Gasteiger partial charge in [-0.2, -0.15) is 5.10 Å². The molecule has 0 aliphatic carbocycles. The summed E-state index contributed by atoms with van der Waals surface area (Å²) >= 11 is 0. The van der Waals surface area contributed by atoms with Crippen molar-refractivity contribution < 1.29 is 9.53 Å². The van der Waals surface area contributed by atoms with E-state index in [2.05, 4.69) is 15.2 Å². The van der Waals surface area contributed by atoms with E-state index in [1.165, 1.54) is 6.92 Å². The number of hydrogen-bond donors (Lipinski definition) is 1. The van der Waals surface area contributed by atoms with Crippen LogP contribution in [0.25, 0.3) is 23.1 Å². The van der Waals surface area contributed by atoms with E-state index in [1.54, 1.807) is 19.4 Å². The molecule has 5 heteroatoms. The summed E-state index contributed by atoms with van der Waals surface area (Å²) in [6, 6.07) is 9.33. The summed E-state index contributed by atoms with van der Waals surface area (Å²) in [6.07, 6.45) is 5.46. The van der Waals surface area contributed by atoms with E-state index in [-0.39, 0.29) is 5.78 Å². The Balaban J connectivity index is 1.94. The highest BCUT2D eigenvalue weighted by Crippen LogP contribution is 2.28. The molecule has 0 saturated heterocycles. The molecular formula is C17H15N3O2. The minimum Gasteiger partial charge on any atom is -0.496 e. The highest BCUT2D eigenvalue weighted by Gasteiger charge is 2.08. The number of ketones is 1. The molecule has 0 spiro atoms. The van der Waals surface area contributed by atoms with E-state index in [1.807, 2.05) is 36.4 Å². The molecule has 0 aliphatic heterocycles. The van der Waals surface area contributed by atoms with Gasteiger partial charge in [-0.1, -0.05) is 18.2 Å². The number of Topliss-reactive ketones (excluding diaryl/α,β-unsaturated/α-hetero) is 1. The number of benzene rings is 1. The average molecular weight is 293 g/mol. The van der Waals surface area contributed by atoms with Crippen LogP contribution in [-0.4, -0.2) is 28.1 Å². The molecule has 5 nitrogen and oxygen atoms in total. The Labute approximate surface area is 127 Å². The lowest BCUT2D eigenvalue weighted by atomic mass is 10.1. The van der Waals surface area contributed by atoms with Gasteiger partial charge in [-0.3, -0.25) is 14.9 Å². The second-order valence-electron chi connectivity index (χ2n) is 4.86. The minimum atomic E-state index is -0.0430. The minimum absolute atomic E-state index is 0.0430. The summed E-state index contributed by atoms with van der Waals surface area (Å²) in [7, 11) is 1.64. The molecule has 2 aromatic heterocycles. The monoisotopic (exact) mass is 293 g/mol. The lowest BCUT2D eigenvalue weighted by Gasteiger charge is -2.01. The number of nitrogens with one attached hydrogen (secondary N) is 1. The van der Waals surface area contributed by atoms with E-state index in [4.69, 9.17) is 4.74 Å². The number of rotatable bonds is 4. The number of aromatic nitrogens is 3. The number of carbonyl (C=O) groups excluding carboxylic acids is 1. The summed E-state index contributed by atoms with van der Waals surface area (Å²) in [6.45, 7) is 1.50. The standard InChI is InChI=1S/C17H15N3O2/c1-11(21)13-8-6-12(10-18-13)7-9-15-17-14(19-20-15)4-3-5-16(17)22-2/h3-10H,1-2H3,(H,19,20)/b9-7+. The molecule has 110 valence electrons. The molecule has 0 saturated carbocycles. The molecule has 3 aromatic rings. The SMILES string of the molecule is COc1cccc2[nH]nc(/C=C/c3ccc(C(C)=O)nc3)c12. The predicted octanol–water partition coefficient (Wildman–Crippen LogP) is 3.34. The Morgan fingerprint density at radius 2 is 2.09 bits per heavy atom. The van der Waals surface area contributed by atoms with Gasteiger partial charge in [-0.25, -0.2) is 0 Å². The molecule has 1 aromatic carbocycles. The van der Waals surface area contributed by atoms with Gasteiger partial charge in [0.05, 0.1) is 23.7 Å². The summed E-state index contributed by atoms with van der Waals surface area (Å²) in [5.41, 5.74) is 3.08. The molecule has 1 N–H and O–H groups in total. The molecule has 2 heterocycles. The molecule has 0 aliphatic rings. The van der Waals surface area contributed by atoms with Crippen molar-refractivity contribution in [3.8, 4) is 5.75 Å². The zero-order valence-corrected chi connectivity index (χ0v) is 12.3. The number of carbonyl (C=O) groups is 1. The van der Waals surface area contributed by atoms with E-state index in [0.717, 1.165) is 27.9 Å². The van der Waals surface area contributed by atoms with Gasteiger partial charge in [-0.15, -0.1) is 0 Å². The second-order valence-corrected chi connectivity index (χ2v) is 4.86. The second kappa shape index (κ2) is 5.81. The van der Waals surface area contributed by atoms with Gasteiger partial charge in [0, 0.05) is 13.1 Å². The zero-order valence-electron chi connectivity index (χ0n) is 12.3. The normalized spacial score (nSPS) is 11.2. The van der Waals surface area contributed by atoms with Gasteiger partial charge in [-0.05, 0) is 29.8 Å². The number of aromatic amines is 1. The van der Waals surface area contributed by atoms with Crippen molar-refractivity contribution in [3.63, 3.8) is 0 Å². The number of ether oxygens (including phenoxy) is 1. The van der Waals surface area contributed by atoms with E-state index in [9.17, 15) is 4.79 Å². The van der Waals surface area contributed by atoms with Crippen molar-refractivity contribution in [2.75, 3.05) is 7.11 Å². The number of pyridine rings is 1. The fourth-order valence-electron chi connectivity index (χ4n) is 2.24. The molecule has 0 fully saturated rings. The van der Waals surface area contributed by atoms with Crippen molar-refractivity contribution in [3.05, 3.63) is 53.5 Å². The Morgan fingerprint density at radius 1 is 1.23 bits per heavy atom. The number of fused-ring (bicyclic) bond motifs is 1. The number of H-pyrrole nitrogens is 1. The van der Waals surface area contributed by atoms with Crippen molar-refractivity contribution >= 4 is 28.8 Å². The van der Waals surface area contributed by atoms with E-state index in [0.29, 0.717) is 5.69 Å². The largest absolute Gasteiger partial charge is 0.496 e. The fourth-order valence-corrected chi connectivity index (χ4v) is 2.24. The lowest BCUT2D eigenvalue weighted by molar-refractivity contribution is 0.101. The summed E-state index contributed by atoms with van der Waals surface area (Å²) in [4.78, 5) is 15.3. The van der Waals surface area contributed by atoms with Crippen molar-refractivity contribution in [2.24, 2.45) is 0 Å². The van der Waals surface area contributed by atoms with Gasteiger partial charge in [0.25, 0.3) is 0 Å². The smallest absolute Gasteiger partial charge is 0.178 e. The molecule has 0 unspecified atom stereocenters. The molecule has 0 amide bonds. The van der Waals surface area contributed by atoms with Crippen LogP contribution in [0.2, 0.25) is 0 Å². The first kappa shape index (κ1) is 14.0. The maximum atomic E-state index is 11.2. The molecule has 22 heavy (non-hydrogen) atoms. The molecule has 0 bridgehead atoms. The van der Waals surface area contributed by atoms with Crippen molar-refractivity contribution in [1.29, 1.82) is 0 Å². The summed E-state index contributed by atoms with van der Waals surface area (Å²) in [5.74, 6) is 0.731. The Morgan fingerprint density at radius 3 is 2.77 bits per heavy atom. The highest BCUT2D eigenvalue weighted by molar-refractivity contribution is 5.94. The number of hydrogen-bond acceptors (Lipinski definition) is 4. The molecule has 0 radical (unpaired) electrons. The Hall–Kier alpha value is -2.95. The third-order valence-corrected chi connectivity index (χ3v) is 3.38. The number of methoxy groups -OCH3 is 1. The van der Waals surface area contributed by atoms with E-state index >= 15 is 0 Å². The lowest BCUT2D eigenvalue weighted by Crippen LogP contribution is -1.95. The fraction of sp³-hybridized carbons (Fsp3) is 0.118. The maximum absolute atomic E-state index is 11.2. The third kappa shape index (κ3) is 2.61. The maximum Gasteiger partial charge on any atom is 0.178 e. The van der Waals surface area contributed by atoms with Crippen LogP contribution < -0.4 is 4.74 Å². The first-order chi connectivity index (χ1) is 10.7. The van der Waals surface area contributed by atoms with Crippen molar-refractivity contribution in [2.45, 2.75) is 6.92 Å². The zero-order chi connectivity index (χ0) is 15.5. The van der Waals surface area contributed by atoms with Crippen molar-refractivity contribution in [1.82, 2.24) is 15.2 Å². The molecular weight excluding hydrogens is 278 g/mol. The third-order valence-electron chi connectivity index (χ3n) is 3.38. The van der Waals surface area contributed by atoms with Gasteiger partial charge in [0.1, 0.15) is 11.4 Å². The first-order valence-corrected chi connectivity index (χ1v) is 6.85. The van der Waals surface area contributed by atoms with Crippen LogP contribution in [0.1, 0.15) is 28.7 Å². The Kier molecular flexibility index (Phi) is 3.70. The van der Waals surface area contributed by atoms with Crippen LogP contribution in [0.4, 0.5) is 0 Å². The predicted molar refractivity (Wildman–Crippen MR) is 85.8 cm³/mol. The van der Waals surface area contributed by atoms with Crippen LogP contribution in [-0.2, 0) is 0 Å².